The van der Waals surface area contributed by atoms with Crippen LogP contribution in [0, 0.1) is 5.92 Å². The van der Waals surface area contributed by atoms with Crippen molar-refractivity contribution in [2.75, 3.05) is 19.5 Å². The van der Waals surface area contributed by atoms with Gasteiger partial charge in [0.05, 0.1) is 32.2 Å². The molecule has 41 heavy (non-hydrogen) atoms. The van der Waals surface area contributed by atoms with E-state index in [0.717, 1.165) is 10.8 Å². The van der Waals surface area contributed by atoms with Gasteiger partial charge < -0.3 is 24.3 Å². The van der Waals surface area contributed by atoms with Crippen molar-refractivity contribution in [3.63, 3.8) is 0 Å². The normalized spacial score (nSPS) is 19.0. The molecule has 13 heteroatoms. The predicted molar refractivity (Wildman–Crippen MR) is 155 cm³/mol. The first-order valence-electron chi connectivity index (χ1n) is 13.3. The molecule has 4 atom stereocenters. The SMILES string of the molecule is COc1nc(N)nc2c1ncn2[C@H]1C=C[C@@H](COP(=O)(N[C@@H](C)C(=O)OC(C)C)Oc2cccc3ccccc23)C1. The van der Waals surface area contributed by atoms with E-state index in [1.165, 1.54) is 7.11 Å². The summed E-state index contributed by atoms with van der Waals surface area (Å²) < 4.78 is 38.6. The molecule has 0 fully saturated rings. The first kappa shape index (κ1) is 28.5. The number of benzene rings is 2. The molecule has 1 aliphatic rings. The molecule has 2 aromatic heterocycles. The number of nitrogens with zero attached hydrogens (tertiary/aromatic N) is 4. The number of nitrogens with one attached hydrogen (secondary N) is 1. The molecular formula is C28H33N6O6P. The number of nitrogen functional groups attached to an aromatic ring is 1. The Bertz CT molecular complexity index is 1630. The van der Waals surface area contributed by atoms with E-state index in [2.05, 4.69) is 20.0 Å². The largest absolute Gasteiger partial charge is 0.479 e. The summed E-state index contributed by atoms with van der Waals surface area (Å²) in [4.78, 5) is 25.4. The first-order chi connectivity index (χ1) is 19.7. The minimum Gasteiger partial charge on any atom is -0.479 e. The molecule has 3 N–H and O–H groups in total. The molecule has 0 amide bonds. The van der Waals surface area contributed by atoms with E-state index in [1.807, 2.05) is 53.1 Å². The topological polar surface area (TPSA) is 153 Å². The lowest BCUT2D eigenvalue weighted by molar-refractivity contribution is -0.149. The molecule has 0 radical (unpaired) electrons. The van der Waals surface area contributed by atoms with Crippen molar-refractivity contribution in [1.29, 1.82) is 0 Å². The van der Waals surface area contributed by atoms with Gasteiger partial charge in [0.15, 0.2) is 11.2 Å². The van der Waals surface area contributed by atoms with Crippen molar-refractivity contribution in [3.8, 4) is 11.6 Å². The number of carbonyl (C=O) groups excluding carboxylic acids is 1. The van der Waals surface area contributed by atoms with Crippen LogP contribution in [-0.4, -0.2) is 51.4 Å². The molecule has 5 rings (SSSR count). The summed E-state index contributed by atoms with van der Waals surface area (Å²) in [5.41, 5.74) is 6.93. The Hall–Kier alpha value is -3.99. The molecule has 12 nitrogen and oxygen atoms in total. The zero-order valence-corrected chi connectivity index (χ0v) is 24.2. The highest BCUT2D eigenvalue weighted by molar-refractivity contribution is 7.52. The Morgan fingerprint density at radius 2 is 1.93 bits per heavy atom. The van der Waals surface area contributed by atoms with Crippen molar-refractivity contribution < 1.29 is 27.9 Å². The zero-order valence-electron chi connectivity index (χ0n) is 23.3. The Kier molecular flexibility index (Phi) is 8.25. The van der Waals surface area contributed by atoms with E-state index in [9.17, 15) is 9.36 Å². The lowest BCUT2D eigenvalue weighted by Crippen LogP contribution is -2.36. The summed E-state index contributed by atoms with van der Waals surface area (Å²) in [5, 5.41) is 4.45. The maximum absolute atomic E-state index is 14.1. The standard InChI is InChI=1S/C28H33N6O6P/c1-17(2)39-27(35)18(3)33-41(36,40-23-11-7-9-20-8-5-6-10-22(20)23)38-15-19-12-13-21(14-19)34-16-30-24-25(34)31-28(29)32-26(24)37-4/h5-13,16-19,21H,14-15H2,1-4H3,(H,33,36)(H2,29,31,32)/t18-,19+,21-,41?/m0/s1. The average Bonchev–Trinajstić information content (AvgIpc) is 3.58. The number of esters is 1. The highest BCUT2D eigenvalue weighted by atomic mass is 31.2. The van der Waals surface area contributed by atoms with Gasteiger partial charge in [-0.3, -0.25) is 9.32 Å². The number of imidazole rings is 1. The number of methoxy groups -OCH3 is 1. The molecule has 2 aromatic carbocycles. The number of anilines is 1. The highest BCUT2D eigenvalue weighted by Crippen LogP contribution is 2.48. The van der Waals surface area contributed by atoms with Crippen molar-refractivity contribution in [2.24, 2.45) is 5.92 Å². The third kappa shape index (κ3) is 6.35. The number of fused-ring (bicyclic) bond motifs is 2. The van der Waals surface area contributed by atoms with Crippen LogP contribution >= 0.6 is 7.75 Å². The van der Waals surface area contributed by atoms with Gasteiger partial charge in [-0.15, -0.1) is 0 Å². The molecule has 1 aliphatic carbocycles. The summed E-state index contributed by atoms with van der Waals surface area (Å²) in [7, 11) is -2.55. The Balaban J connectivity index is 1.34. The summed E-state index contributed by atoms with van der Waals surface area (Å²) in [6.45, 7) is 5.12. The number of ether oxygens (including phenoxy) is 2. The minimum absolute atomic E-state index is 0.0705. The summed E-state index contributed by atoms with van der Waals surface area (Å²) >= 11 is 0. The van der Waals surface area contributed by atoms with Crippen LogP contribution in [0.1, 0.15) is 33.2 Å². The summed E-state index contributed by atoms with van der Waals surface area (Å²) in [5.74, 6) is 0.0911. The molecule has 0 bridgehead atoms. The van der Waals surface area contributed by atoms with Crippen LogP contribution in [0.25, 0.3) is 21.9 Å². The van der Waals surface area contributed by atoms with Crippen molar-refractivity contribution in [3.05, 3.63) is 60.9 Å². The monoisotopic (exact) mass is 580 g/mol. The van der Waals surface area contributed by atoms with Gasteiger partial charge >= 0.3 is 13.7 Å². The van der Waals surface area contributed by atoms with E-state index in [1.54, 1.807) is 33.2 Å². The van der Waals surface area contributed by atoms with Crippen LogP contribution in [-0.2, 0) is 18.6 Å². The van der Waals surface area contributed by atoms with E-state index >= 15 is 0 Å². The third-order valence-corrected chi connectivity index (χ3v) is 8.22. The maximum atomic E-state index is 14.1. The molecule has 0 spiro atoms. The predicted octanol–water partition coefficient (Wildman–Crippen LogP) is 4.82. The second-order valence-electron chi connectivity index (χ2n) is 10.1. The Labute approximate surface area is 237 Å². The molecule has 2 heterocycles. The lowest BCUT2D eigenvalue weighted by atomic mass is 10.1. The van der Waals surface area contributed by atoms with Gasteiger partial charge in [0.2, 0.25) is 11.8 Å². The number of aromatic nitrogens is 4. The number of hydrogen-bond acceptors (Lipinski definition) is 10. The van der Waals surface area contributed by atoms with E-state index in [-0.39, 0.29) is 30.6 Å². The number of hydrogen-bond donors (Lipinski definition) is 2. The van der Waals surface area contributed by atoms with Crippen LogP contribution in [0.4, 0.5) is 5.95 Å². The van der Waals surface area contributed by atoms with Crippen molar-refractivity contribution in [2.45, 2.75) is 45.4 Å². The fourth-order valence-corrected chi connectivity index (χ4v) is 6.25. The van der Waals surface area contributed by atoms with Crippen LogP contribution in [0.15, 0.2) is 60.9 Å². The van der Waals surface area contributed by atoms with E-state index in [4.69, 9.17) is 24.3 Å². The first-order valence-corrected chi connectivity index (χ1v) is 14.8. The van der Waals surface area contributed by atoms with Crippen molar-refractivity contribution >= 4 is 41.6 Å². The Morgan fingerprint density at radius 1 is 1.15 bits per heavy atom. The average molecular weight is 581 g/mol. The van der Waals surface area contributed by atoms with Gasteiger partial charge in [-0.05, 0) is 38.6 Å². The summed E-state index contributed by atoms with van der Waals surface area (Å²) in [6, 6.07) is 12.0. The molecule has 0 saturated heterocycles. The van der Waals surface area contributed by atoms with Gasteiger partial charge in [0.1, 0.15) is 11.8 Å². The number of allylic oxidation sites excluding steroid dienone is 1. The van der Waals surface area contributed by atoms with Crippen LogP contribution in [0.5, 0.6) is 11.6 Å². The van der Waals surface area contributed by atoms with Crippen LogP contribution in [0.3, 0.4) is 0 Å². The smallest absolute Gasteiger partial charge is 0.459 e. The van der Waals surface area contributed by atoms with Gasteiger partial charge in [-0.25, -0.2) is 9.55 Å². The van der Waals surface area contributed by atoms with E-state index < -0.39 is 19.8 Å². The van der Waals surface area contributed by atoms with Gasteiger partial charge in [-0.1, -0.05) is 48.6 Å². The van der Waals surface area contributed by atoms with Crippen molar-refractivity contribution in [1.82, 2.24) is 24.6 Å². The van der Waals surface area contributed by atoms with Gasteiger partial charge in [0, 0.05) is 11.3 Å². The highest BCUT2D eigenvalue weighted by Gasteiger charge is 2.35. The molecular weight excluding hydrogens is 547 g/mol. The molecule has 0 saturated carbocycles. The fourth-order valence-electron chi connectivity index (χ4n) is 4.69. The second kappa shape index (κ2) is 11.9. The summed E-state index contributed by atoms with van der Waals surface area (Å²) in [6.07, 6.45) is 5.95. The quantitative estimate of drug-likeness (QED) is 0.143. The Morgan fingerprint density at radius 3 is 2.71 bits per heavy atom. The second-order valence-corrected chi connectivity index (χ2v) is 11.8. The number of nitrogens with two attached hydrogens (primary N) is 1. The third-order valence-electron chi connectivity index (χ3n) is 6.59. The van der Waals surface area contributed by atoms with Crippen LogP contribution in [0.2, 0.25) is 0 Å². The van der Waals surface area contributed by atoms with Crippen LogP contribution < -0.4 is 20.1 Å². The fraction of sp³-hybridized carbons (Fsp3) is 0.357. The van der Waals surface area contributed by atoms with Gasteiger partial charge in [0.25, 0.3) is 0 Å². The van der Waals surface area contributed by atoms with Gasteiger partial charge in [-0.2, -0.15) is 15.1 Å². The minimum atomic E-state index is -4.05. The zero-order chi connectivity index (χ0) is 29.1. The number of rotatable bonds is 11. The number of carbonyl (C=O) groups is 1. The molecule has 216 valence electrons. The lowest BCUT2D eigenvalue weighted by Gasteiger charge is -2.25. The maximum Gasteiger partial charge on any atom is 0.459 e. The molecule has 0 aliphatic heterocycles. The molecule has 1 unspecified atom stereocenters. The van der Waals surface area contributed by atoms with E-state index in [0.29, 0.717) is 29.2 Å². The molecule has 4 aromatic rings.